The summed E-state index contributed by atoms with van der Waals surface area (Å²) in [6.45, 7) is 1.82. The molecule has 1 unspecified atom stereocenters. The Balaban J connectivity index is 2.00. The number of methoxy groups -OCH3 is 1. The summed E-state index contributed by atoms with van der Waals surface area (Å²) in [6.07, 6.45) is 2.09. The lowest BCUT2D eigenvalue weighted by Gasteiger charge is -2.41. The first-order valence-corrected chi connectivity index (χ1v) is 9.49. The standard InChI is InChI=1S/C23H22FN3O3/c1-4-23(13-15-8-10-17(24)11-9-15)22(29)27(2)19(21(28)26-23)12-18-16(14-25)6-5-7-20(18)30-3/h5-12H,4,13H2,1-3H3,(H,26,28). The maximum atomic E-state index is 13.3. The van der Waals surface area contributed by atoms with Gasteiger partial charge in [0, 0.05) is 19.0 Å². The molecule has 1 fully saturated rings. The van der Waals surface area contributed by atoms with Crippen LogP contribution in [0.2, 0.25) is 0 Å². The van der Waals surface area contributed by atoms with Gasteiger partial charge in [0.1, 0.15) is 22.8 Å². The lowest BCUT2D eigenvalue weighted by atomic mass is 9.84. The molecule has 2 aromatic carbocycles. The van der Waals surface area contributed by atoms with E-state index in [0.29, 0.717) is 23.3 Å². The van der Waals surface area contributed by atoms with Crippen LogP contribution in [0.25, 0.3) is 6.08 Å². The molecule has 2 amide bonds. The Labute approximate surface area is 174 Å². The van der Waals surface area contributed by atoms with Crippen molar-refractivity contribution < 1.29 is 18.7 Å². The van der Waals surface area contributed by atoms with Crippen LogP contribution in [-0.2, 0) is 16.0 Å². The van der Waals surface area contributed by atoms with E-state index in [0.717, 1.165) is 5.56 Å². The average Bonchev–Trinajstić information content (AvgIpc) is 2.76. The third-order valence-electron chi connectivity index (χ3n) is 5.37. The summed E-state index contributed by atoms with van der Waals surface area (Å²) >= 11 is 0. The second-order valence-electron chi connectivity index (χ2n) is 7.12. The number of likely N-dealkylation sites (N-methyl/N-ethyl adjacent to an activating group) is 1. The average molecular weight is 407 g/mol. The maximum Gasteiger partial charge on any atom is 0.268 e. The van der Waals surface area contributed by atoms with E-state index in [2.05, 4.69) is 11.4 Å². The second-order valence-corrected chi connectivity index (χ2v) is 7.12. The van der Waals surface area contributed by atoms with Crippen molar-refractivity contribution in [1.29, 1.82) is 5.26 Å². The zero-order chi connectivity index (χ0) is 21.9. The Hall–Kier alpha value is -3.66. The van der Waals surface area contributed by atoms with Crippen LogP contribution in [-0.4, -0.2) is 36.4 Å². The smallest absolute Gasteiger partial charge is 0.268 e. The molecule has 30 heavy (non-hydrogen) atoms. The summed E-state index contributed by atoms with van der Waals surface area (Å²) in [6, 6.07) is 12.9. The van der Waals surface area contributed by atoms with Crippen molar-refractivity contribution in [3.05, 3.63) is 70.7 Å². The largest absolute Gasteiger partial charge is 0.496 e. The number of ether oxygens (including phenoxy) is 1. The fourth-order valence-corrected chi connectivity index (χ4v) is 3.62. The first-order chi connectivity index (χ1) is 14.3. The molecule has 2 aromatic rings. The van der Waals surface area contributed by atoms with Gasteiger partial charge in [0.25, 0.3) is 11.8 Å². The van der Waals surface area contributed by atoms with Gasteiger partial charge in [-0.05, 0) is 42.3 Å². The number of rotatable bonds is 5. The quantitative estimate of drug-likeness (QED) is 0.773. The van der Waals surface area contributed by atoms with Gasteiger partial charge in [-0.15, -0.1) is 0 Å². The highest BCUT2D eigenvalue weighted by atomic mass is 19.1. The molecule has 3 rings (SSSR count). The van der Waals surface area contributed by atoms with Crippen molar-refractivity contribution in [1.82, 2.24) is 10.2 Å². The van der Waals surface area contributed by atoms with Gasteiger partial charge in [-0.1, -0.05) is 25.1 Å². The molecule has 0 saturated carbocycles. The first-order valence-electron chi connectivity index (χ1n) is 9.49. The van der Waals surface area contributed by atoms with Crippen molar-refractivity contribution in [2.45, 2.75) is 25.3 Å². The predicted octanol–water partition coefficient (Wildman–Crippen LogP) is 3.03. The van der Waals surface area contributed by atoms with Crippen molar-refractivity contribution >= 4 is 17.9 Å². The Morgan fingerprint density at radius 3 is 2.53 bits per heavy atom. The number of amides is 2. The van der Waals surface area contributed by atoms with Crippen LogP contribution in [0.15, 0.2) is 48.2 Å². The fourth-order valence-electron chi connectivity index (χ4n) is 3.62. The second kappa shape index (κ2) is 8.37. The van der Waals surface area contributed by atoms with Crippen LogP contribution in [0, 0.1) is 17.1 Å². The third-order valence-corrected chi connectivity index (χ3v) is 5.37. The summed E-state index contributed by atoms with van der Waals surface area (Å²) in [5.41, 5.74) is 0.470. The van der Waals surface area contributed by atoms with Gasteiger partial charge < -0.3 is 15.0 Å². The number of hydrogen-bond acceptors (Lipinski definition) is 4. The molecule has 0 spiro atoms. The van der Waals surface area contributed by atoms with Gasteiger partial charge in [-0.25, -0.2) is 4.39 Å². The van der Waals surface area contributed by atoms with E-state index in [1.165, 1.54) is 37.3 Å². The molecule has 1 aliphatic heterocycles. The van der Waals surface area contributed by atoms with E-state index in [9.17, 15) is 19.2 Å². The van der Waals surface area contributed by atoms with Gasteiger partial charge in [0.05, 0.1) is 18.7 Å². The minimum Gasteiger partial charge on any atom is -0.496 e. The lowest BCUT2D eigenvalue weighted by molar-refractivity contribution is -0.144. The Morgan fingerprint density at radius 2 is 1.93 bits per heavy atom. The molecule has 1 aliphatic rings. The topological polar surface area (TPSA) is 82.4 Å². The fraction of sp³-hybridized carbons (Fsp3) is 0.261. The maximum absolute atomic E-state index is 13.3. The van der Waals surface area contributed by atoms with E-state index in [1.807, 2.05) is 6.92 Å². The predicted molar refractivity (Wildman–Crippen MR) is 110 cm³/mol. The van der Waals surface area contributed by atoms with E-state index in [1.54, 1.807) is 30.3 Å². The van der Waals surface area contributed by atoms with Gasteiger partial charge in [-0.2, -0.15) is 5.26 Å². The van der Waals surface area contributed by atoms with Crippen molar-refractivity contribution in [3.63, 3.8) is 0 Å². The molecule has 6 nitrogen and oxygen atoms in total. The van der Waals surface area contributed by atoms with Gasteiger partial charge >= 0.3 is 0 Å². The van der Waals surface area contributed by atoms with Crippen LogP contribution < -0.4 is 10.1 Å². The van der Waals surface area contributed by atoms with E-state index >= 15 is 0 Å². The summed E-state index contributed by atoms with van der Waals surface area (Å²) < 4.78 is 18.6. The highest BCUT2D eigenvalue weighted by Gasteiger charge is 2.46. The molecule has 0 radical (unpaired) electrons. The molecule has 1 heterocycles. The number of benzene rings is 2. The number of hydrogen-bond donors (Lipinski definition) is 1. The highest BCUT2D eigenvalue weighted by molar-refractivity contribution is 6.09. The first kappa shape index (κ1) is 21.1. The summed E-state index contributed by atoms with van der Waals surface area (Å²) in [7, 11) is 3.00. The SMILES string of the molecule is CCC1(Cc2ccc(F)cc2)NC(=O)C(=Cc2c(C#N)cccc2OC)N(C)C1=O. The van der Waals surface area contributed by atoms with Crippen LogP contribution >= 0.6 is 0 Å². The molecule has 0 aliphatic carbocycles. The highest BCUT2D eigenvalue weighted by Crippen LogP contribution is 2.30. The molecule has 154 valence electrons. The summed E-state index contributed by atoms with van der Waals surface area (Å²) in [5.74, 6) is -0.658. The van der Waals surface area contributed by atoms with Gasteiger partial charge in [0.2, 0.25) is 0 Å². The lowest BCUT2D eigenvalue weighted by Crippen LogP contribution is -2.65. The molecule has 7 heteroatoms. The molecule has 1 atom stereocenters. The van der Waals surface area contributed by atoms with E-state index in [-0.39, 0.29) is 23.8 Å². The number of nitriles is 1. The Morgan fingerprint density at radius 1 is 1.23 bits per heavy atom. The van der Waals surface area contributed by atoms with Crippen LogP contribution in [0.5, 0.6) is 5.75 Å². The third kappa shape index (κ3) is 3.77. The van der Waals surface area contributed by atoms with E-state index < -0.39 is 11.4 Å². The van der Waals surface area contributed by atoms with Crippen molar-refractivity contribution in [3.8, 4) is 11.8 Å². The molecular weight excluding hydrogens is 385 g/mol. The monoisotopic (exact) mass is 407 g/mol. The van der Waals surface area contributed by atoms with E-state index in [4.69, 9.17) is 4.74 Å². The summed E-state index contributed by atoms with van der Waals surface area (Å²) in [4.78, 5) is 27.6. The normalized spacial score (nSPS) is 20.1. The van der Waals surface area contributed by atoms with Crippen LogP contribution in [0.3, 0.4) is 0 Å². The molecule has 1 N–H and O–H groups in total. The number of nitrogens with one attached hydrogen (secondary N) is 1. The molecule has 1 saturated heterocycles. The number of carbonyl (C=O) groups is 2. The van der Waals surface area contributed by atoms with Gasteiger partial charge in [-0.3, -0.25) is 9.59 Å². The minimum absolute atomic E-state index is 0.115. The zero-order valence-electron chi connectivity index (χ0n) is 17.0. The van der Waals surface area contributed by atoms with Crippen molar-refractivity contribution in [2.24, 2.45) is 0 Å². The zero-order valence-corrected chi connectivity index (χ0v) is 17.0. The Kier molecular flexibility index (Phi) is 5.88. The molecule has 0 aromatic heterocycles. The number of piperazine rings is 1. The molecule has 0 bridgehead atoms. The van der Waals surface area contributed by atoms with Crippen LogP contribution in [0.4, 0.5) is 4.39 Å². The van der Waals surface area contributed by atoms with Crippen LogP contribution in [0.1, 0.15) is 30.0 Å². The van der Waals surface area contributed by atoms with Gasteiger partial charge in [0.15, 0.2) is 0 Å². The van der Waals surface area contributed by atoms with Crippen molar-refractivity contribution in [2.75, 3.05) is 14.2 Å². The number of nitrogens with zero attached hydrogens (tertiary/aromatic N) is 2. The number of carbonyl (C=O) groups excluding carboxylic acids is 2. The Bertz CT molecular complexity index is 1060. The molecular formula is C23H22FN3O3. The summed E-state index contributed by atoms with van der Waals surface area (Å²) in [5, 5.41) is 12.3. The number of halogens is 1. The minimum atomic E-state index is -1.14.